The highest BCUT2D eigenvalue weighted by Crippen LogP contribution is 2.26. The van der Waals surface area contributed by atoms with E-state index in [9.17, 15) is 22.4 Å². The molecular weight excluding hydrogens is 416 g/mol. The van der Waals surface area contributed by atoms with Crippen LogP contribution in [0.1, 0.15) is 34.2 Å². The fourth-order valence-electron chi connectivity index (χ4n) is 3.20. The van der Waals surface area contributed by atoms with Gasteiger partial charge in [0.25, 0.3) is 5.91 Å². The van der Waals surface area contributed by atoms with E-state index in [-0.39, 0.29) is 11.8 Å². The van der Waals surface area contributed by atoms with E-state index in [1.165, 1.54) is 6.20 Å². The third-order valence-corrected chi connectivity index (χ3v) is 4.81. The first-order valence-electron chi connectivity index (χ1n) is 9.61. The molecule has 3 heterocycles. The number of aryl methyl sites for hydroxylation is 2. The van der Waals surface area contributed by atoms with Crippen molar-refractivity contribution in [2.45, 2.75) is 39.7 Å². The summed E-state index contributed by atoms with van der Waals surface area (Å²) in [6, 6.07) is 3.52. The summed E-state index contributed by atoms with van der Waals surface area (Å²) in [4.78, 5) is 20.5. The van der Waals surface area contributed by atoms with Crippen molar-refractivity contribution in [1.82, 2.24) is 19.9 Å². The molecule has 0 atom stereocenters. The number of carbonyl (C=O) groups excluding carboxylic acids is 1. The summed E-state index contributed by atoms with van der Waals surface area (Å²) in [7, 11) is 0. The largest absolute Gasteiger partial charge is 0.471 e. The Morgan fingerprint density at radius 1 is 1.26 bits per heavy atom. The molecule has 1 amide bonds. The summed E-state index contributed by atoms with van der Waals surface area (Å²) in [6.07, 6.45) is 1.04. The average Bonchev–Trinajstić information content (AvgIpc) is 3.03. The summed E-state index contributed by atoms with van der Waals surface area (Å²) in [5.74, 6) is -4.63. The lowest BCUT2D eigenvalue weighted by Gasteiger charge is -2.16. The van der Waals surface area contributed by atoms with E-state index in [4.69, 9.17) is 4.74 Å². The molecular formula is C21H22F4N4O2. The van der Waals surface area contributed by atoms with E-state index in [1.807, 2.05) is 30.7 Å². The monoisotopic (exact) mass is 438 g/mol. The lowest BCUT2D eigenvalue weighted by molar-refractivity contribution is -0.148. The first-order chi connectivity index (χ1) is 14.6. The van der Waals surface area contributed by atoms with Gasteiger partial charge in [-0.15, -0.1) is 0 Å². The van der Waals surface area contributed by atoms with Crippen LogP contribution in [0.5, 0.6) is 5.88 Å². The molecule has 0 aromatic carbocycles. The highest BCUT2D eigenvalue weighted by atomic mass is 19.3. The molecule has 1 N–H and O–H groups in total. The lowest BCUT2D eigenvalue weighted by atomic mass is 10.1. The fourth-order valence-corrected chi connectivity index (χ4v) is 3.20. The Balaban J connectivity index is 1.83. The van der Waals surface area contributed by atoms with E-state index < -0.39 is 19.0 Å². The van der Waals surface area contributed by atoms with Gasteiger partial charge in [-0.1, -0.05) is 0 Å². The van der Waals surface area contributed by atoms with Crippen molar-refractivity contribution in [3.63, 3.8) is 0 Å². The predicted molar refractivity (Wildman–Crippen MR) is 107 cm³/mol. The molecule has 3 aromatic rings. The minimum absolute atomic E-state index is 0.124. The molecule has 10 heteroatoms. The average molecular weight is 438 g/mol. The molecule has 0 saturated carbocycles. The third-order valence-electron chi connectivity index (χ3n) is 4.81. The van der Waals surface area contributed by atoms with Gasteiger partial charge in [0.1, 0.15) is 5.69 Å². The van der Waals surface area contributed by atoms with Gasteiger partial charge in [0.05, 0.1) is 0 Å². The molecule has 0 unspecified atom stereocenters. The molecule has 3 aromatic heterocycles. The number of amides is 1. The molecule has 166 valence electrons. The standard InChI is InChI=1S/C21H22F4N4O2/c1-4-26-18(30)17-16-10-29(13(3)15(16)5-6-27-17)9-14-7-12(2)19(28-8-14)31-11-21(24,25)20(22)23/h5-8,10,20H,4,9,11H2,1-3H3,(H,26,30). The summed E-state index contributed by atoms with van der Waals surface area (Å²) in [5, 5.41) is 4.34. The van der Waals surface area contributed by atoms with Gasteiger partial charge in [-0.2, -0.15) is 8.78 Å². The minimum atomic E-state index is -4.25. The molecule has 3 rings (SSSR count). The SMILES string of the molecule is CCNC(=O)c1nccc2c(C)n(Cc3cnc(OCC(F)(F)C(F)F)c(C)c3)cc12. The smallest absolute Gasteiger partial charge is 0.340 e. The zero-order chi connectivity index (χ0) is 22.8. The van der Waals surface area contributed by atoms with Gasteiger partial charge in [0.15, 0.2) is 6.61 Å². The number of alkyl halides is 4. The van der Waals surface area contributed by atoms with E-state index in [1.54, 1.807) is 19.2 Å². The first-order valence-corrected chi connectivity index (χ1v) is 9.61. The third kappa shape index (κ3) is 4.78. The number of fused-ring (bicyclic) bond motifs is 1. The summed E-state index contributed by atoms with van der Waals surface area (Å²) in [6.45, 7) is 4.77. The van der Waals surface area contributed by atoms with Crippen LogP contribution >= 0.6 is 0 Å². The topological polar surface area (TPSA) is 69.0 Å². The lowest BCUT2D eigenvalue weighted by Crippen LogP contribution is -2.34. The number of hydrogen-bond donors (Lipinski definition) is 1. The Kier molecular flexibility index (Phi) is 6.47. The number of rotatable bonds is 8. The number of nitrogens with zero attached hydrogens (tertiary/aromatic N) is 3. The van der Waals surface area contributed by atoms with Gasteiger partial charge < -0.3 is 14.6 Å². The Labute approximate surface area is 176 Å². The molecule has 6 nitrogen and oxygen atoms in total. The first kappa shape index (κ1) is 22.5. The normalized spacial score (nSPS) is 11.9. The van der Waals surface area contributed by atoms with Crippen molar-refractivity contribution in [3.8, 4) is 5.88 Å². The van der Waals surface area contributed by atoms with Gasteiger partial charge in [-0.3, -0.25) is 9.78 Å². The Bertz CT molecular complexity index is 1100. The van der Waals surface area contributed by atoms with Crippen LogP contribution in [0.2, 0.25) is 0 Å². The van der Waals surface area contributed by atoms with Crippen LogP contribution in [0.25, 0.3) is 10.8 Å². The zero-order valence-electron chi connectivity index (χ0n) is 17.3. The van der Waals surface area contributed by atoms with Crippen LogP contribution in [-0.2, 0) is 6.54 Å². The van der Waals surface area contributed by atoms with Gasteiger partial charge in [-0.25, -0.2) is 13.8 Å². The second-order valence-electron chi connectivity index (χ2n) is 7.14. The molecule has 0 saturated heterocycles. The van der Waals surface area contributed by atoms with E-state index >= 15 is 0 Å². The van der Waals surface area contributed by atoms with E-state index in [2.05, 4.69) is 15.3 Å². The summed E-state index contributed by atoms with van der Waals surface area (Å²) >= 11 is 0. The Morgan fingerprint density at radius 2 is 2.00 bits per heavy atom. The van der Waals surface area contributed by atoms with Crippen molar-refractivity contribution in [2.24, 2.45) is 0 Å². The van der Waals surface area contributed by atoms with Crippen LogP contribution in [-0.4, -0.2) is 45.9 Å². The maximum absolute atomic E-state index is 13.1. The van der Waals surface area contributed by atoms with Gasteiger partial charge in [0, 0.05) is 53.7 Å². The summed E-state index contributed by atoms with van der Waals surface area (Å²) in [5.41, 5.74) is 2.44. The molecule has 0 aliphatic carbocycles. The number of aromatic nitrogens is 3. The second-order valence-corrected chi connectivity index (χ2v) is 7.14. The zero-order valence-corrected chi connectivity index (χ0v) is 17.3. The predicted octanol–water partition coefficient (Wildman–Crippen LogP) is 4.13. The molecule has 0 bridgehead atoms. The number of ether oxygens (including phenoxy) is 1. The Hall–Kier alpha value is -3.17. The van der Waals surface area contributed by atoms with Crippen molar-refractivity contribution in [1.29, 1.82) is 0 Å². The number of halogens is 4. The Morgan fingerprint density at radius 3 is 2.65 bits per heavy atom. The van der Waals surface area contributed by atoms with Crippen LogP contribution < -0.4 is 10.1 Å². The van der Waals surface area contributed by atoms with Gasteiger partial charge >= 0.3 is 12.3 Å². The molecule has 0 aliphatic heterocycles. The maximum Gasteiger partial charge on any atom is 0.340 e. The van der Waals surface area contributed by atoms with Crippen molar-refractivity contribution in [3.05, 3.63) is 53.2 Å². The highest BCUT2D eigenvalue weighted by molar-refractivity contribution is 6.05. The number of nitrogens with one attached hydrogen (secondary N) is 1. The second kappa shape index (κ2) is 8.91. The highest BCUT2D eigenvalue weighted by Gasteiger charge is 2.42. The van der Waals surface area contributed by atoms with Crippen molar-refractivity contribution >= 4 is 16.7 Å². The van der Waals surface area contributed by atoms with Gasteiger partial charge in [0.2, 0.25) is 5.88 Å². The fraction of sp³-hybridized carbons (Fsp3) is 0.381. The summed E-state index contributed by atoms with van der Waals surface area (Å²) < 4.78 is 57.5. The van der Waals surface area contributed by atoms with Crippen LogP contribution in [0.15, 0.2) is 30.7 Å². The quantitative estimate of drug-likeness (QED) is 0.537. The van der Waals surface area contributed by atoms with Crippen molar-refractivity contribution in [2.75, 3.05) is 13.2 Å². The molecule has 0 spiro atoms. The molecule has 0 radical (unpaired) electrons. The van der Waals surface area contributed by atoms with E-state index in [0.717, 1.165) is 16.6 Å². The van der Waals surface area contributed by atoms with E-state index in [0.29, 0.717) is 29.7 Å². The van der Waals surface area contributed by atoms with Crippen molar-refractivity contribution < 1.29 is 27.1 Å². The number of pyridine rings is 2. The van der Waals surface area contributed by atoms with Crippen LogP contribution in [0.3, 0.4) is 0 Å². The minimum Gasteiger partial charge on any atom is -0.471 e. The van der Waals surface area contributed by atoms with Gasteiger partial charge in [-0.05, 0) is 38.5 Å². The van der Waals surface area contributed by atoms with Crippen LogP contribution in [0.4, 0.5) is 17.6 Å². The maximum atomic E-state index is 13.1. The number of hydrogen-bond acceptors (Lipinski definition) is 4. The molecule has 0 aliphatic rings. The number of carbonyl (C=O) groups is 1. The molecule has 31 heavy (non-hydrogen) atoms. The molecule has 0 fully saturated rings. The van der Waals surface area contributed by atoms with Crippen LogP contribution in [0, 0.1) is 13.8 Å².